The first-order chi connectivity index (χ1) is 13.9. The first kappa shape index (κ1) is 22.9. The van der Waals surface area contributed by atoms with Crippen LogP contribution in [0.25, 0.3) is 0 Å². The van der Waals surface area contributed by atoms with Crippen LogP contribution in [0.5, 0.6) is 0 Å². The van der Waals surface area contributed by atoms with Crippen LogP contribution in [0, 0.1) is 11.7 Å². The number of halogens is 1. The molecular formula is C24H34FN3O. The van der Waals surface area contributed by atoms with Crippen molar-refractivity contribution < 1.29 is 9.18 Å². The minimum absolute atomic E-state index is 0.000581. The number of hydrogen-bond acceptors (Lipinski definition) is 3. The Morgan fingerprint density at radius 2 is 1.52 bits per heavy atom. The molecule has 0 saturated heterocycles. The van der Waals surface area contributed by atoms with E-state index in [0.717, 1.165) is 25.1 Å². The molecule has 29 heavy (non-hydrogen) atoms. The van der Waals surface area contributed by atoms with Crippen LogP contribution in [0.15, 0.2) is 48.5 Å². The Labute approximate surface area is 174 Å². The second kappa shape index (κ2) is 11.0. The molecule has 2 aromatic rings. The second-order valence-electron chi connectivity index (χ2n) is 7.71. The SMILES string of the molecule is CCN(CC)c1ccc(CN(C(=O)C(CC(C)C)NC)c2ccc(F)cc2)cc1. The molecule has 1 unspecified atom stereocenters. The molecule has 0 aromatic heterocycles. The third-order valence-corrected chi connectivity index (χ3v) is 5.16. The van der Waals surface area contributed by atoms with E-state index < -0.39 is 0 Å². The van der Waals surface area contributed by atoms with Gasteiger partial charge in [0.2, 0.25) is 5.91 Å². The fourth-order valence-corrected chi connectivity index (χ4v) is 3.50. The zero-order chi connectivity index (χ0) is 21.4. The monoisotopic (exact) mass is 399 g/mol. The van der Waals surface area contributed by atoms with Gasteiger partial charge in [-0.3, -0.25) is 4.79 Å². The highest BCUT2D eigenvalue weighted by molar-refractivity contribution is 5.97. The molecule has 1 N–H and O–H groups in total. The third kappa shape index (κ3) is 6.29. The zero-order valence-corrected chi connectivity index (χ0v) is 18.3. The van der Waals surface area contributed by atoms with Crippen LogP contribution in [-0.2, 0) is 11.3 Å². The summed E-state index contributed by atoms with van der Waals surface area (Å²) in [6.07, 6.45) is 0.744. The van der Waals surface area contributed by atoms with Crippen LogP contribution in [0.4, 0.5) is 15.8 Å². The summed E-state index contributed by atoms with van der Waals surface area (Å²) in [4.78, 5) is 17.4. The van der Waals surface area contributed by atoms with E-state index in [1.54, 1.807) is 17.0 Å². The van der Waals surface area contributed by atoms with Gasteiger partial charge < -0.3 is 15.1 Å². The first-order valence-corrected chi connectivity index (χ1v) is 10.5. The molecule has 2 rings (SSSR count). The van der Waals surface area contributed by atoms with Gasteiger partial charge in [0.1, 0.15) is 5.82 Å². The molecule has 158 valence electrons. The summed E-state index contributed by atoms with van der Waals surface area (Å²) in [6, 6.07) is 14.2. The van der Waals surface area contributed by atoms with Crippen molar-refractivity contribution in [3.8, 4) is 0 Å². The summed E-state index contributed by atoms with van der Waals surface area (Å²) in [6.45, 7) is 10.8. The van der Waals surface area contributed by atoms with Crippen molar-refractivity contribution in [3.05, 3.63) is 59.9 Å². The number of anilines is 2. The molecule has 0 radical (unpaired) electrons. The average molecular weight is 400 g/mol. The minimum Gasteiger partial charge on any atom is -0.372 e. The van der Waals surface area contributed by atoms with E-state index in [0.29, 0.717) is 18.2 Å². The van der Waals surface area contributed by atoms with E-state index in [2.05, 4.69) is 62.2 Å². The fourth-order valence-electron chi connectivity index (χ4n) is 3.50. The Bertz CT molecular complexity index is 755. The van der Waals surface area contributed by atoms with Crippen LogP contribution in [-0.4, -0.2) is 32.1 Å². The Morgan fingerprint density at radius 1 is 0.966 bits per heavy atom. The Morgan fingerprint density at radius 3 is 2.00 bits per heavy atom. The topological polar surface area (TPSA) is 35.6 Å². The molecule has 0 saturated carbocycles. The number of nitrogens with one attached hydrogen (secondary N) is 1. The highest BCUT2D eigenvalue weighted by Crippen LogP contribution is 2.22. The molecule has 2 aromatic carbocycles. The first-order valence-electron chi connectivity index (χ1n) is 10.5. The molecule has 0 fully saturated rings. The maximum Gasteiger partial charge on any atom is 0.244 e. The van der Waals surface area contributed by atoms with Gasteiger partial charge in [-0.15, -0.1) is 0 Å². The van der Waals surface area contributed by atoms with E-state index in [4.69, 9.17) is 0 Å². The normalized spacial score (nSPS) is 12.1. The van der Waals surface area contributed by atoms with E-state index in [1.165, 1.54) is 17.8 Å². The van der Waals surface area contributed by atoms with E-state index >= 15 is 0 Å². The zero-order valence-electron chi connectivity index (χ0n) is 18.3. The van der Waals surface area contributed by atoms with Gasteiger partial charge in [-0.2, -0.15) is 0 Å². The van der Waals surface area contributed by atoms with Gasteiger partial charge in [-0.1, -0.05) is 26.0 Å². The van der Waals surface area contributed by atoms with Crippen molar-refractivity contribution in [1.29, 1.82) is 0 Å². The van der Waals surface area contributed by atoms with Gasteiger partial charge in [0.25, 0.3) is 0 Å². The molecule has 0 heterocycles. The van der Waals surface area contributed by atoms with Gasteiger partial charge >= 0.3 is 0 Å². The van der Waals surface area contributed by atoms with Gasteiger partial charge in [-0.25, -0.2) is 4.39 Å². The predicted molar refractivity (Wildman–Crippen MR) is 120 cm³/mol. The summed E-state index contributed by atoms with van der Waals surface area (Å²) in [5.41, 5.74) is 2.91. The van der Waals surface area contributed by atoms with Crippen LogP contribution in [0.1, 0.15) is 39.7 Å². The number of carbonyl (C=O) groups is 1. The lowest BCUT2D eigenvalue weighted by atomic mass is 10.0. The summed E-state index contributed by atoms with van der Waals surface area (Å²) >= 11 is 0. The van der Waals surface area contributed by atoms with Crippen molar-refractivity contribution in [2.45, 2.75) is 46.7 Å². The van der Waals surface area contributed by atoms with Crippen LogP contribution >= 0.6 is 0 Å². The molecular weight excluding hydrogens is 365 g/mol. The fraction of sp³-hybridized carbons (Fsp3) is 0.458. The highest BCUT2D eigenvalue weighted by Gasteiger charge is 2.25. The molecule has 5 heteroatoms. The van der Waals surface area contributed by atoms with Crippen LogP contribution in [0.2, 0.25) is 0 Å². The van der Waals surface area contributed by atoms with Gasteiger partial charge in [0.15, 0.2) is 0 Å². The van der Waals surface area contributed by atoms with Gasteiger partial charge in [0.05, 0.1) is 12.6 Å². The van der Waals surface area contributed by atoms with Gasteiger partial charge in [-0.05, 0) is 75.2 Å². The summed E-state index contributed by atoms with van der Waals surface area (Å²) in [7, 11) is 1.81. The standard InChI is InChI=1S/C24H34FN3O/c1-6-27(7-2)21-12-8-19(9-13-21)17-28(22-14-10-20(25)11-15-22)24(29)23(26-5)16-18(3)4/h8-15,18,23,26H,6-7,16-17H2,1-5H3. The minimum atomic E-state index is -0.308. The molecule has 0 bridgehead atoms. The molecule has 0 aliphatic carbocycles. The molecule has 1 atom stereocenters. The molecule has 4 nitrogen and oxygen atoms in total. The third-order valence-electron chi connectivity index (χ3n) is 5.16. The van der Waals surface area contributed by atoms with Crippen molar-refractivity contribution >= 4 is 17.3 Å². The highest BCUT2D eigenvalue weighted by atomic mass is 19.1. The van der Waals surface area contributed by atoms with E-state index in [-0.39, 0.29) is 17.8 Å². The molecule has 0 aliphatic heterocycles. The van der Waals surface area contributed by atoms with Crippen molar-refractivity contribution in [1.82, 2.24) is 5.32 Å². The summed E-state index contributed by atoms with van der Waals surface area (Å²) in [5.74, 6) is 0.0810. The van der Waals surface area contributed by atoms with E-state index in [1.807, 2.05) is 7.05 Å². The summed E-state index contributed by atoms with van der Waals surface area (Å²) < 4.78 is 13.4. The van der Waals surface area contributed by atoms with Crippen molar-refractivity contribution in [2.75, 3.05) is 29.9 Å². The molecule has 0 aliphatic rings. The lowest BCUT2D eigenvalue weighted by Crippen LogP contribution is -2.45. The molecule has 1 amide bonds. The number of benzene rings is 2. The number of hydrogen-bond donors (Lipinski definition) is 1. The number of likely N-dealkylation sites (N-methyl/N-ethyl adjacent to an activating group) is 1. The molecule has 0 spiro atoms. The van der Waals surface area contributed by atoms with E-state index in [9.17, 15) is 9.18 Å². The number of nitrogens with zero attached hydrogens (tertiary/aromatic N) is 2. The number of rotatable bonds is 10. The Kier molecular flexibility index (Phi) is 8.65. The number of carbonyl (C=O) groups excluding carboxylic acids is 1. The number of amides is 1. The lowest BCUT2D eigenvalue weighted by Gasteiger charge is -2.29. The van der Waals surface area contributed by atoms with Gasteiger partial charge in [0, 0.05) is 24.5 Å². The smallest absolute Gasteiger partial charge is 0.244 e. The largest absolute Gasteiger partial charge is 0.372 e. The van der Waals surface area contributed by atoms with Crippen molar-refractivity contribution in [3.63, 3.8) is 0 Å². The quantitative estimate of drug-likeness (QED) is 0.621. The average Bonchev–Trinajstić information content (AvgIpc) is 2.72. The van der Waals surface area contributed by atoms with Crippen LogP contribution in [0.3, 0.4) is 0 Å². The maximum atomic E-state index is 13.4. The lowest BCUT2D eigenvalue weighted by molar-refractivity contribution is -0.121. The second-order valence-corrected chi connectivity index (χ2v) is 7.71. The Hall–Kier alpha value is -2.40. The maximum absolute atomic E-state index is 13.4. The Balaban J connectivity index is 2.30. The van der Waals surface area contributed by atoms with Crippen LogP contribution < -0.4 is 15.1 Å². The summed E-state index contributed by atoms with van der Waals surface area (Å²) in [5, 5.41) is 3.15. The van der Waals surface area contributed by atoms with Crippen molar-refractivity contribution in [2.24, 2.45) is 5.92 Å². The predicted octanol–water partition coefficient (Wildman–Crippen LogP) is 4.84.